The van der Waals surface area contributed by atoms with E-state index in [1.165, 1.54) is 16.8 Å². The number of hydrazine groups is 1. The second kappa shape index (κ2) is 9.74. The molecule has 0 radical (unpaired) electrons. The quantitative estimate of drug-likeness (QED) is 0.699. The number of carbonyl (C=O) groups excluding carboxylic acids is 1. The van der Waals surface area contributed by atoms with E-state index in [1.54, 1.807) is 28.6 Å². The van der Waals surface area contributed by atoms with Crippen molar-refractivity contribution in [3.05, 3.63) is 52.0 Å². The monoisotopic (exact) mass is 430 g/mol. The van der Waals surface area contributed by atoms with Crippen LogP contribution in [-0.2, 0) is 24.3 Å². The SMILES string of the molecule is CN(CCCC1CC(c2ccc(F)cc2)NN1)C(=O)Cn1nc2n(c1=O)CCCCC2. The fourth-order valence-electron chi connectivity index (χ4n) is 4.40. The van der Waals surface area contributed by atoms with E-state index >= 15 is 0 Å². The minimum Gasteiger partial charge on any atom is -0.344 e. The van der Waals surface area contributed by atoms with Crippen LogP contribution in [0.4, 0.5) is 4.39 Å². The number of carbonyl (C=O) groups is 1. The van der Waals surface area contributed by atoms with Crippen LogP contribution < -0.4 is 16.5 Å². The summed E-state index contributed by atoms with van der Waals surface area (Å²) in [6, 6.07) is 7.03. The Morgan fingerprint density at radius 3 is 2.84 bits per heavy atom. The van der Waals surface area contributed by atoms with Crippen LogP contribution in [0, 0.1) is 5.82 Å². The molecule has 9 heteroatoms. The number of halogens is 1. The molecular formula is C22H31FN6O2. The van der Waals surface area contributed by atoms with E-state index in [-0.39, 0.29) is 30.0 Å². The number of aromatic nitrogens is 3. The van der Waals surface area contributed by atoms with Gasteiger partial charge in [0.2, 0.25) is 5.91 Å². The molecular weight excluding hydrogens is 399 g/mol. The highest BCUT2D eigenvalue weighted by atomic mass is 19.1. The zero-order valence-corrected chi connectivity index (χ0v) is 18.0. The van der Waals surface area contributed by atoms with Gasteiger partial charge in [0.1, 0.15) is 18.2 Å². The van der Waals surface area contributed by atoms with Gasteiger partial charge in [-0.3, -0.25) is 20.2 Å². The zero-order chi connectivity index (χ0) is 21.8. The Kier molecular flexibility index (Phi) is 6.82. The van der Waals surface area contributed by atoms with Crippen molar-refractivity contribution >= 4 is 5.91 Å². The van der Waals surface area contributed by atoms with Gasteiger partial charge < -0.3 is 4.90 Å². The molecule has 1 fully saturated rings. The number of amides is 1. The number of fused-ring (bicyclic) bond motifs is 1. The molecule has 0 aliphatic carbocycles. The topological polar surface area (TPSA) is 84.2 Å². The number of nitrogens with zero attached hydrogens (tertiary/aromatic N) is 4. The maximum Gasteiger partial charge on any atom is 0.346 e. The third kappa shape index (κ3) is 5.22. The lowest BCUT2D eigenvalue weighted by Gasteiger charge is -2.18. The molecule has 2 N–H and O–H groups in total. The summed E-state index contributed by atoms with van der Waals surface area (Å²) in [7, 11) is 1.77. The predicted molar refractivity (Wildman–Crippen MR) is 115 cm³/mol. The molecule has 168 valence electrons. The van der Waals surface area contributed by atoms with E-state index in [9.17, 15) is 14.0 Å². The fraction of sp³-hybridized carbons (Fsp3) is 0.591. The number of hydrogen-bond acceptors (Lipinski definition) is 5. The first-order valence-electron chi connectivity index (χ1n) is 11.2. The van der Waals surface area contributed by atoms with E-state index in [2.05, 4.69) is 16.0 Å². The standard InChI is InChI=1S/C22H31FN6O2/c1-27(21(30)15-29-22(31)28-13-4-2-3-7-20(28)26-29)12-5-6-18-14-19(25-24-18)16-8-10-17(23)11-9-16/h8-11,18-19,24-25H,2-7,12-15H2,1H3. The van der Waals surface area contributed by atoms with Crippen LogP contribution in [0.15, 0.2) is 29.1 Å². The average Bonchev–Trinajstić information content (AvgIpc) is 3.25. The van der Waals surface area contributed by atoms with Crippen LogP contribution in [0.2, 0.25) is 0 Å². The molecule has 1 amide bonds. The maximum atomic E-state index is 13.1. The molecule has 3 heterocycles. The van der Waals surface area contributed by atoms with Gasteiger partial charge in [0.25, 0.3) is 0 Å². The van der Waals surface area contributed by atoms with Crippen molar-refractivity contribution in [3.8, 4) is 0 Å². The lowest BCUT2D eigenvalue weighted by Crippen LogP contribution is -2.36. The van der Waals surface area contributed by atoms with Gasteiger partial charge in [0.15, 0.2) is 0 Å². The van der Waals surface area contributed by atoms with E-state index in [0.29, 0.717) is 19.1 Å². The molecule has 2 aliphatic heterocycles. The third-order valence-corrected chi connectivity index (χ3v) is 6.29. The molecule has 1 saturated heterocycles. The van der Waals surface area contributed by atoms with Crippen molar-refractivity contribution in [1.82, 2.24) is 30.1 Å². The van der Waals surface area contributed by atoms with Crippen molar-refractivity contribution in [3.63, 3.8) is 0 Å². The summed E-state index contributed by atoms with van der Waals surface area (Å²) in [5.41, 5.74) is 7.45. The van der Waals surface area contributed by atoms with E-state index in [1.807, 2.05) is 0 Å². The van der Waals surface area contributed by atoms with Gasteiger partial charge in [-0.25, -0.2) is 13.9 Å². The highest BCUT2D eigenvalue weighted by molar-refractivity contribution is 5.75. The highest BCUT2D eigenvalue weighted by Crippen LogP contribution is 2.24. The largest absolute Gasteiger partial charge is 0.346 e. The molecule has 8 nitrogen and oxygen atoms in total. The van der Waals surface area contributed by atoms with Crippen molar-refractivity contribution in [1.29, 1.82) is 0 Å². The molecule has 31 heavy (non-hydrogen) atoms. The molecule has 1 aromatic carbocycles. The number of hydrogen-bond donors (Lipinski definition) is 2. The Balaban J connectivity index is 1.22. The van der Waals surface area contributed by atoms with E-state index in [4.69, 9.17) is 0 Å². The van der Waals surface area contributed by atoms with Gasteiger partial charge in [-0.15, -0.1) is 0 Å². The smallest absolute Gasteiger partial charge is 0.344 e. The summed E-state index contributed by atoms with van der Waals surface area (Å²) >= 11 is 0. The van der Waals surface area contributed by atoms with Crippen LogP contribution in [0.25, 0.3) is 0 Å². The number of likely N-dealkylation sites (N-methyl/N-ethyl adjacent to an activating group) is 1. The Morgan fingerprint density at radius 2 is 2.03 bits per heavy atom. The molecule has 2 atom stereocenters. The van der Waals surface area contributed by atoms with Crippen LogP contribution >= 0.6 is 0 Å². The second-order valence-electron chi connectivity index (χ2n) is 8.60. The summed E-state index contributed by atoms with van der Waals surface area (Å²) in [6.45, 7) is 1.31. The van der Waals surface area contributed by atoms with Gasteiger partial charge in [-0.1, -0.05) is 18.6 Å². The predicted octanol–water partition coefficient (Wildman–Crippen LogP) is 1.76. The summed E-state index contributed by atoms with van der Waals surface area (Å²) in [5.74, 6) is 0.470. The summed E-state index contributed by atoms with van der Waals surface area (Å²) in [6.07, 6.45) is 6.62. The molecule has 1 aromatic heterocycles. The Labute approximate surface area is 181 Å². The molecule has 2 aliphatic rings. The zero-order valence-electron chi connectivity index (χ0n) is 18.0. The molecule has 0 saturated carbocycles. The molecule has 0 spiro atoms. The van der Waals surface area contributed by atoms with Crippen molar-refractivity contribution in [2.45, 2.75) is 70.1 Å². The average molecular weight is 431 g/mol. The molecule has 2 aromatic rings. The number of rotatable bonds is 7. The number of aryl methyl sites for hydroxylation is 1. The third-order valence-electron chi connectivity index (χ3n) is 6.29. The molecule has 4 rings (SSSR count). The number of benzene rings is 1. The lowest BCUT2D eigenvalue weighted by molar-refractivity contribution is -0.130. The fourth-order valence-corrected chi connectivity index (χ4v) is 4.40. The Bertz CT molecular complexity index is 954. The Morgan fingerprint density at radius 1 is 1.23 bits per heavy atom. The van der Waals surface area contributed by atoms with Gasteiger partial charge in [0.05, 0.1) is 0 Å². The normalized spacial score (nSPS) is 21.0. The second-order valence-corrected chi connectivity index (χ2v) is 8.60. The highest BCUT2D eigenvalue weighted by Gasteiger charge is 2.25. The minimum absolute atomic E-state index is 0.00872. The van der Waals surface area contributed by atoms with Gasteiger partial charge in [0, 0.05) is 38.6 Å². The lowest BCUT2D eigenvalue weighted by atomic mass is 9.99. The van der Waals surface area contributed by atoms with E-state index in [0.717, 1.165) is 56.3 Å². The molecule has 2 unspecified atom stereocenters. The first kappa shape index (κ1) is 21.7. The summed E-state index contributed by atoms with van der Waals surface area (Å²) < 4.78 is 16.1. The van der Waals surface area contributed by atoms with Crippen molar-refractivity contribution < 1.29 is 9.18 Å². The Hall–Kier alpha value is -2.52. The van der Waals surface area contributed by atoms with Crippen LogP contribution in [0.5, 0.6) is 0 Å². The maximum absolute atomic E-state index is 13.1. The van der Waals surface area contributed by atoms with Crippen molar-refractivity contribution in [2.24, 2.45) is 0 Å². The van der Waals surface area contributed by atoms with Gasteiger partial charge in [-0.05, 0) is 49.8 Å². The van der Waals surface area contributed by atoms with Gasteiger partial charge >= 0.3 is 5.69 Å². The van der Waals surface area contributed by atoms with E-state index < -0.39 is 0 Å². The minimum atomic E-state index is -0.229. The first-order valence-corrected chi connectivity index (χ1v) is 11.2. The van der Waals surface area contributed by atoms with Crippen LogP contribution in [-0.4, -0.2) is 44.8 Å². The van der Waals surface area contributed by atoms with Crippen LogP contribution in [0.1, 0.15) is 56.0 Å². The summed E-state index contributed by atoms with van der Waals surface area (Å²) in [5, 5.41) is 4.40. The molecule has 0 bridgehead atoms. The first-order chi connectivity index (χ1) is 15.0. The van der Waals surface area contributed by atoms with Crippen LogP contribution in [0.3, 0.4) is 0 Å². The number of nitrogens with one attached hydrogen (secondary N) is 2. The van der Waals surface area contributed by atoms with Gasteiger partial charge in [-0.2, -0.15) is 5.10 Å². The van der Waals surface area contributed by atoms with Crippen molar-refractivity contribution in [2.75, 3.05) is 13.6 Å². The summed E-state index contributed by atoms with van der Waals surface area (Å²) in [4.78, 5) is 26.8.